The molecule has 3 fully saturated rings. The number of ether oxygens (including phenoxy) is 4. The van der Waals surface area contributed by atoms with Crippen LogP contribution in [0.25, 0.3) is 0 Å². The number of aliphatic hydroxyl groups is 1. The molecule has 224 valence electrons. The minimum Gasteiger partial charge on any atom is -0.392 e. The normalized spacial score (nSPS) is 26.3. The molecule has 6 rings (SSSR count). The van der Waals surface area contributed by atoms with Crippen LogP contribution in [0.15, 0.2) is 83.8 Å². The standard InChI is InChI=1S/C32H38N2O7S/c1-23-29(21-34-17-15-32(16-18-34)38-19-20-39-32)40-31(41-30(23)25-9-7-24(22-35)8-10-25)26-11-13-27(14-12-26)33-42(36,37)28-5-3-2-4-6-28/h2-14,23,29-31,33,35H,15-22H2,1H3/t23-,29+,30+,31+/m1/s1. The number of hydrogen-bond acceptors (Lipinski definition) is 8. The number of likely N-dealkylation sites (tertiary alicyclic amines) is 1. The van der Waals surface area contributed by atoms with Crippen LogP contribution in [0.1, 0.15) is 48.8 Å². The van der Waals surface area contributed by atoms with Gasteiger partial charge in [0.15, 0.2) is 12.1 Å². The van der Waals surface area contributed by atoms with Crippen LogP contribution in [0.4, 0.5) is 5.69 Å². The third kappa shape index (κ3) is 6.40. The van der Waals surface area contributed by atoms with Crippen LogP contribution in [0, 0.1) is 5.92 Å². The molecule has 42 heavy (non-hydrogen) atoms. The number of rotatable bonds is 8. The van der Waals surface area contributed by atoms with Gasteiger partial charge in [-0.2, -0.15) is 0 Å². The number of nitrogens with zero attached hydrogens (tertiary/aromatic N) is 1. The molecule has 0 radical (unpaired) electrons. The van der Waals surface area contributed by atoms with Gasteiger partial charge in [-0.25, -0.2) is 8.42 Å². The number of anilines is 1. The van der Waals surface area contributed by atoms with Gasteiger partial charge in [0, 0.05) is 49.6 Å². The predicted molar refractivity (Wildman–Crippen MR) is 157 cm³/mol. The van der Waals surface area contributed by atoms with Crippen LogP contribution < -0.4 is 4.72 Å². The molecule has 3 aliphatic heterocycles. The van der Waals surface area contributed by atoms with E-state index in [4.69, 9.17) is 18.9 Å². The van der Waals surface area contributed by atoms with E-state index in [1.807, 2.05) is 36.4 Å². The molecule has 3 aromatic rings. The Morgan fingerprint density at radius 2 is 1.52 bits per heavy atom. The van der Waals surface area contributed by atoms with Crippen LogP contribution in [-0.2, 0) is 35.6 Å². The topological polar surface area (TPSA) is 107 Å². The molecular formula is C32H38N2O7S. The number of sulfonamides is 1. The molecule has 0 aliphatic carbocycles. The van der Waals surface area contributed by atoms with Crippen molar-refractivity contribution in [2.75, 3.05) is 37.6 Å². The summed E-state index contributed by atoms with van der Waals surface area (Å²) in [7, 11) is -3.70. The Balaban J connectivity index is 1.19. The molecule has 0 unspecified atom stereocenters. The van der Waals surface area contributed by atoms with Gasteiger partial charge >= 0.3 is 0 Å². The highest BCUT2D eigenvalue weighted by Crippen LogP contribution is 2.42. The zero-order valence-electron chi connectivity index (χ0n) is 23.7. The van der Waals surface area contributed by atoms with E-state index in [1.54, 1.807) is 42.5 Å². The zero-order valence-corrected chi connectivity index (χ0v) is 24.5. The van der Waals surface area contributed by atoms with E-state index in [9.17, 15) is 13.5 Å². The van der Waals surface area contributed by atoms with Crippen LogP contribution in [0.2, 0.25) is 0 Å². The highest BCUT2D eigenvalue weighted by atomic mass is 32.2. The van der Waals surface area contributed by atoms with Crippen LogP contribution in [-0.4, -0.2) is 63.2 Å². The fourth-order valence-electron chi connectivity index (χ4n) is 5.97. The zero-order chi connectivity index (χ0) is 29.2. The number of aliphatic hydroxyl groups excluding tert-OH is 1. The van der Waals surface area contributed by atoms with Crippen molar-refractivity contribution < 1.29 is 32.5 Å². The van der Waals surface area contributed by atoms with Gasteiger partial charge in [-0.15, -0.1) is 0 Å². The lowest BCUT2D eigenvalue weighted by atomic mass is 9.89. The first-order chi connectivity index (χ1) is 20.3. The average Bonchev–Trinajstić information content (AvgIpc) is 3.48. The quantitative estimate of drug-likeness (QED) is 0.390. The Hall–Kier alpha value is -2.83. The summed E-state index contributed by atoms with van der Waals surface area (Å²) >= 11 is 0. The number of benzene rings is 3. The molecule has 0 bridgehead atoms. The van der Waals surface area contributed by atoms with Crippen molar-refractivity contribution in [1.29, 1.82) is 0 Å². The van der Waals surface area contributed by atoms with Crippen LogP contribution in [0.5, 0.6) is 0 Å². The molecule has 3 aromatic carbocycles. The van der Waals surface area contributed by atoms with Crippen LogP contribution in [0.3, 0.4) is 0 Å². The number of hydrogen-bond donors (Lipinski definition) is 2. The highest BCUT2D eigenvalue weighted by molar-refractivity contribution is 7.92. The lowest BCUT2D eigenvalue weighted by Gasteiger charge is -2.44. The van der Waals surface area contributed by atoms with Gasteiger partial charge in [0.1, 0.15) is 0 Å². The molecule has 4 atom stereocenters. The first-order valence-corrected chi connectivity index (χ1v) is 16.0. The Morgan fingerprint density at radius 3 is 2.17 bits per heavy atom. The lowest BCUT2D eigenvalue weighted by molar-refractivity contribution is -0.278. The van der Waals surface area contributed by atoms with Crippen molar-refractivity contribution in [2.45, 2.75) is 55.6 Å². The van der Waals surface area contributed by atoms with Crippen molar-refractivity contribution in [3.63, 3.8) is 0 Å². The van der Waals surface area contributed by atoms with Crippen molar-refractivity contribution in [3.8, 4) is 0 Å². The molecule has 1 spiro atoms. The molecule has 0 aromatic heterocycles. The number of piperidine rings is 1. The van der Waals surface area contributed by atoms with Gasteiger partial charge in [-0.05, 0) is 35.4 Å². The van der Waals surface area contributed by atoms with E-state index >= 15 is 0 Å². The van der Waals surface area contributed by atoms with Gasteiger partial charge in [0.05, 0.1) is 36.9 Å². The first-order valence-electron chi connectivity index (χ1n) is 14.5. The van der Waals surface area contributed by atoms with Gasteiger partial charge in [0.2, 0.25) is 0 Å². The summed E-state index contributed by atoms with van der Waals surface area (Å²) in [5, 5.41) is 9.52. The van der Waals surface area contributed by atoms with E-state index in [2.05, 4.69) is 16.5 Å². The summed E-state index contributed by atoms with van der Waals surface area (Å²) in [6.45, 7) is 5.93. The molecule has 10 heteroatoms. The average molecular weight is 595 g/mol. The molecule has 9 nitrogen and oxygen atoms in total. The second-order valence-electron chi connectivity index (χ2n) is 11.3. The van der Waals surface area contributed by atoms with E-state index in [0.29, 0.717) is 18.9 Å². The summed E-state index contributed by atoms with van der Waals surface area (Å²) in [6.07, 6.45) is 0.699. The Bertz CT molecular complexity index is 1420. The van der Waals surface area contributed by atoms with Gasteiger partial charge < -0.3 is 29.0 Å². The maximum atomic E-state index is 12.8. The maximum Gasteiger partial charge on any atom is 0.261 e. The number of nitrogens with one attached hydrogen (secondary N) is 1. The molecule has 3 saturated heterocycles. The van der Waals surface area contributed by atoms with Crippen molar-refractivity contribution in [1.82, 2.24) is 4.90 Å². The minimum atomic E-state index is -3.70. The fraction of sp³-hybridized carbons (Fsp3) is 0.438. The lowest BCUT2D eigenvalue weighted by Crippen LogP contribution is -2.50. The fourth-order valence-corrected chi connectivity index (χ4v) is 7.05. The van der Waals surface area contributed by atoms with Gasteiger partial charge in [-0.3, -0.25) is 4.72 Å². The smallest absolute Gasteiger partial charge is 0.261 e. The van der Waals surface area contributed by atoms with Crippen LogP contribution >= 0.6 is 0 Å². The monoisotopic (exact) mass is 594 g/mol. The molecule has 0 amide bonds. The highest BCUT2D eigenvalue weighted by Gasteiger charge is 2.43. The molecular weight excluding hydrogens is 556 g/mol. The Morgan fingerprint density at radius 1 is 0.881 bits per heavy atom. The molecule has 3 aliphatic rings. The Labute approximate surface area is 247 Å². The predicted octanol–water partition coefficient (Wildman–Crippen LogP) is 4.61. The largest absolute Gasteiger partial charge is 0.392 e. The molecule has 2 N–H and O–H groups in total. The van der Waals surface area contributed by atoms with Crippen molar-refractivity contribution in [3.05, 3.63) is 95.6 Å². The molecule has 0 saturated carbocycles. The van der Waals surface area contributed by atoms with E-state index in [0.717, 1.165) is 49.2 Å². The van der Waals surface area contributed by atoms with Crippen molar-refractivity contribution >= 4 is 15.7 Å². The SMILES string of the molecule is C[C@@H]1[C@H](CN2CCC3(CC2)OCCO3)O[C@H](c2ccc(NS(=O)(=O)c3ccccc3)cc2)O[C@@H]1c1ccc(CO)cc1. The first kappa shape index (κ1) is 29.3. The maximum absolute atomic E-state index is 12.8. The van der Waals surface area contributed by atoms with E-state index in [1.165, 1.54) is 0 Å². The van der Waals surface area contributed by atoms with E-state index in [-0.39, 0.29) is 29.6 Å². The molecule has 3 heterocycles. The van der Waals surface area contributed by atoms with E-state index < -0.39 is 22.1 Å². The Kier molecular flexibility index (Phi) is 8.65. The third-order valence-corrected chi connectivity index (χ3v) is 9.88. The second-order valence-corrected chi connectivity index (χ2v) is 13.0. The van der Waals surface area contributed by atoms with Gasteiger partial charge in [0.25, 0.3) is 10.0 Å². The summed E-state index contributed by atoms with van der Waals surface area (Å²) in [4.78, 5) is 2.61. The summed E-state index contributed by atoms with van der Waals surface area (Å²) in [6, 6.07) is 23.3. The summed E-state index contributed by atoms with van der Waals surface area (Å²) < 4.78 is 53.2. The summed E-state index contributed by atoms with van der Waals surface area (Å²) in [5.41, 5.74) is 3.13. The van der Waals surface area contributed by atoms with Crippen molar-refractivity contribution in [2.24, 2.45) is 5.92 Å². The summed E-state index contributed by atoms with van der Waals surface area (Å²) in [5.74, 6) is -0.366. The minimum absolute atomic E-state index is 0.0139. The third-order valence-electron chi connectivity index (χ3n) is 8.48. The second kappa shape index (κ2) is 12.4. The van der Waals surface area contributed by atoms with Gasteiger partial charge in [-0.1, -0.05) is 61.5 Å².